The van der Waals surface area contributed by atoms with Gasteiger partial charge in [0.25, 0.3) is 0 Å². The molecule has 16 heavy (non-hydrogen) atoms. The third-order valence-corrected chi connectivity index (χ3v) is 1.44. The topological polar surface area (TPSA) is 109 Å². The first-order chi connectivity index (χ1) is 7.43. The zero-order valence-electron chi connectivity index (χ0n) is 9.09. The maximum absolute atomic E-state index is 9.81. The molecule has 0 rings (SSSR count). The molecule has 0 aliphatic carbocycles. The van der Waals surface area contributed by atoms with Gasteiger partial charge in [0.05, 0.1) is 6.42 Å². The van der Waals surface area contributed by atoms with E-state index in [1.54, 1.807) is 6.92 Å². The molecule has 1 unspecified atom stereocenters. The molecule has 0 spiro atoms. The van der Waals surface area contributed by atoms with Gasteiger partial charge < -0.3 is 19.8 Å². The number of carboxylic acid groups (broad SMARTS) is 2. The summed E-state index contributed by atoms with van der Waals surface area (Å²) in [4.78, 5) is 38.9. The third kappa shape index (κ3) is 18.1. The van der Waals surface area contributed by atoms with Crippen molar-refractivity contribution in [1.82, 2.24) is 0 Å². The highest BCUT2D eigenvalue weighted by Crippen LogP contribution is 1.94. The Hall–Kier alpha value is -1.72. The summed E-state index contributed by atoms with van der Waals surface area (Å²) < 4.78 is 0. The Labute approximate surface area is 93.3 Å². The molecule has 92 valence electrons. The first-order valence-electron chi connectivity index (χ1n) is 4.76. The quantitative estimate of drug-likeness (QED) is 0.495. The first kappa shape index (κ1) is 16.7. The molecule has 0 saturated heterocycles. The maximum Gasteiger partial charge on any atom is 0.304 e. The third-order valence-electron chi connectivity index (χ3n) is 1.44. The monoisotopic (exact) mass is 232 g/mol. The fourth-order valence-electron chi connectivity index (χ4n) is 0.660. The molecule has 0 saturated carbocycles. The summed E-state index contributed by atoms with van der Waals surface area (Å²) in [5.74, 6) is -2.12. The van der Waals surface area contributed by atoms with Gasteiger partial charge in [0.15, 0.2) is 0 Å². The highest BCUT2D eigenvalue weighted by Gasteiger charge is 2.03. The number of hydrogen-bond acceptors (Lipinski definition) is 4. The van der Waals surface area contributed by atoms with Gasteiger partial charge in [0, 0.05) is 18.8 Å². The second-order valence-electron chi connectivity index (χ2n) is 3.16. The van der Waals surface area contributed by atoms with E-state index in [1.807, 2.05) is 0 Å². The molecular weight excluding hydrogens is 216 g/mol. The highest BCUT2D eigenvalue weighted by atomic mass is 16.4. The lowest BCUT2D eigenvalue weighted by Gasteiger charge is -1.93. The van der Waals surface area contributed by atoms with E-state index in [0.717, 1.165) is 6.29 Å². The van der Waals surface area contributed by atoms with E-state index < -0.39 is 11.9 Å². The molecule has 0 radical (unpaired) electrons. The summed E-state index contributed by atoms with van der Waals surface area (Å²) in [5, 5.41) is 16.1. The van der Waals surface area contributed by atoms with Crippen molar-refractivity contribution in [3.63, 3.8) is 0 Å². The molecule has 2 N–H and O–H groups in total. The largest absolute Gasteiger partial charge is 0.481 e. The molecule has 0 aromatic rings. The number of hydrogen-bond donors (Lipinski definition) is 2. The summed E-state index contributed by atoms with van der Waals surface area (Å²) in [6, 6.07) is 0. The van der Waals surface area contributed by atoms with E-state index in [1.165, 1.54) is 0 Å². The van der Waals surface area contributed by atoms with Crippen molar-refractivity contribution < 1.29 is 29.4 Å². The fraction of sp³-hybridized carbons (Fsp3) is 0.600. The summed E-state index contributed by atoms with van der Waals surface area (Å²) in [7, 11) is 0. The van der Waals surface area contributed by atoms with E-state index in [9.17, 15) is 19.2 Å². The molecule has 0 heterocycles. The van der Waals surface area contributed by atoms with E-state index in [-0.39, 0.29) is 18.8 Å². The second kappa shape index (κ2) is 11.4. The molecule has 0 fully saturated rings. The lowest BCUT2D eigenvalue weighted by atomic mass is 10.1. The van der Waals surface area contributed by atoms with Crippen molar-refractivity contribution >= 4 is 24.5 Å². The van der Waals surface area contributed by atoms with Gasteiger partial charge in [-0.2, -0.15) is 0 Å². The molecule has 0 bridgehead atoms. The van der Waals surface area contributed by atoms with Gasteiger partial charge in [-0.25, -0.2) is 0 Å². The van der Waals surface area contributed by atoms with E-state index >= 15 is 0 Å². The summed E-state index contributed by atoms with van der Waals surface area (Å²) in [6.07, 6.45) is 2.20. The number of carboxylic acids is 2. The predicted molar refractivity (Wildman–Crippen MR) is 55.0 cm³/mol. The van der Waals surface area contributed by atoms with Crippen LogP contribution in [0.1, 0.15) is 32.6 Å². The molecule has 1 atom stereocenters. The van der Waals surface area contributed by atoms with Crippen LogP contribution < -0.4 is 0 Å². The van der Waals surface area contributed by atoms with Crippen molar-refractivity contribution in [1.29, 1.82) is 0 Å². The van der Waals surface area contributed by atoms with Crippen LogP contribution >= 0.6 is 0 Å². The fourth-order valence-corrected chi connectivity index (χ4v) is 0.660. The van der Waals surface area contributed by atoms with Crippen molar-refractivity contribution in [2.75, 3.05) is 0 Å². The molecule has 0 aliphatic heterocycles. The van der Waals surface area contributed by atoms with Crippen LogP contribution in [0.3, 0.4) is 0 Å². The van der Waals surface area contributed by atoms with Gasteiger partial charge in [-0.3, -0.25) is 9.59 Å². The normalized spacial score (nSPS) is 10.6. The van der Waals surface area contributed by atoms with Crippen LogP contribution in [0.4, 0.5) is 0 Å². The number of carbonyl (C=O) groups excluding carboxylic acids is 2. The zero-order valence-corrected chi connectivity index (χ0v) is 9.09. The van der Waals surface area contributed by atoms with Crippen LogP contribution in [0, 0.1) is 5.92 Å². The number of aliphatic carboxylic acids is 2. The van der Waals surface area contributed by atoms with Gasteiger partial charge in [0.1, 0.15) is 12.6 Å². The van der Waals surface area contributed by atoms with Crippen molar-refractivity contribution in [3.05, 3.63) is 0 Å². The summed E-state index contributed by atoms with van der Waals surface area (Å²) >= 11 is 0. The van der Waals surface area contributed by atoms with Gasteiger partial charge in [0.2, 0.25) is 0 Å². The van der Waals surface area contributed by atoms with Crippen molar-refractivity contribution in [2.45, 2.75) is 32.6 Å². The lowest BCUT2D eigenvalue weighted by molar-refractivity contribution is -0.139. The molecule has 0 aliphatic rings. The molecule has 6 heteroatoms. The smallest absolute Gasteiger partial charge is 0.304 e. The Bertz CT molecular complexity index is 235. The Morgan fingerprint density at radius 3 is 2.00 bits per heavy atom. The van der Waals surface area contributed by atoms with Crippen LogP contribution in [0.25, 0.3) is 0 Å². The highest BCUT2D eigenvalue weighted by molar-refractivity contribution is 5.71. The maximum atomic E-state index is 9.81. The number of rotatable bonds is 7. The van der Waals surface area contributed by atoms with Crippen molar-refractivity contribution in [2.24, 2.45) is 5.92 Å². The van der Waals surface area contributed by atoms with Gasteiger partial charge >= 0.3 is 11.9 Å². The Morgan fingerprint density at radius 1 is 1.19 bits per heavy atom. The summed E-state index contributed by atoms with van der Waals surface area (Å²) in [5.41, 5.74) is 0. The van der Waals surface area contributed by atoms with Gasteiger partial charge in [-0.1, -0.05) is 6.92 Å². The number of carbonyl (C=O) groups is 4. The molecular formula is C10H16O6. The van der Waals surface area contributed by atoms with Crippen LogP contribution in [-0.4, -0.2) is 34.7 Å². The van der Waals surface area contributed by atoms with Gasteiger partial charge in [-0.05, 0) is 6.42 Å². The average Bonchev–Trinajstić information content (AvgIpc) is 2.17. The minimum atomic E-state index is -0.926. The minimum absolute atomic E-state index is 0.0660. The van der Waals surface area contributed by atoms with Gasteiger partial charge in [-0.15, -0.1) is 0 Å². The van der Waals surface area contributed by atoms with Crippen LogP contribution in [-0.2, 0) is 19.2 Å². The molecule has 0 aromatic heterocycles. The van der Waals surface area contributed by atoms with Crippen LogP contribution in [0.15, 0.2) is 0 Å². The van der Waals surface area contributed by atoms with E-state index in [2.05, 4.69) is 0 Å². The minimum Gasteiger partial charge on any atom is -0.481 e. The average molecular weight is 232 g/mol. The molecule has 0 amide bonds. The predicted octanol–water partition coefficient (Wildman–Crippen LogP) is 0.736. The Balaban J connectivity index is 0. The Kier molecular flexibility index (Phi) is 11.9. The zero-order chi connectivity index (χ0) is 13.0. The number of aldehydes is 2. The molecule has 0 aromatic carbocycles. The van der Waals surface area contributed by atoms with Crippen LogP contribution in [0.2, 0.25) is 0 Å². The second-order valence-corrected chi connectivity index (χ2v) is 3.16. The van der Waals surface area contributed by atoms with Crippen LogP contribution in [0.5, 0.6) is 0 Å². The lowest BCUT2D eigenvalue weighted by Crippen LogP contribution is -2.04. The standard InChI is InChI=1S/2C5H8O3/c1-4(3-6)2-5(7)8;6-4-2-1-3-5(7)8/h3-4H,2H2,1H3,(H,7,8);4H,1-3H2,(H,7,8). The molecule has 6 nitrogen and oxygen atoms in total. The van der Waals surface area contributed by atoms with E-state index in [0.29, 0.717) is 19.1 Å². The van der Waals surface area contributed by atoms with Crippen molar-refractivity contribution in [3.8, 4) is 0 Å². The first-order valence-corrected chi connectivity index (χ1v) is 4.76. The SMILES string of the molecule is CC(C=O)CC(=O)O.O=CCCCC(=O)O. The summed E-state index contributed by atoms with van der Waals surface area (Å²) in [6.45, 7) is 1.57. The van der Waals surface area contributed by atoms with E-state index in [4.69, 9.17) is 10.2 Å². The Morgan fingerprint density at radius 2 is 1.75 bits per heavy atom. The number of unbranched alkanes of at least 4 members (excludes halogenated alkanes) is 1.